The van der Waals surface area contributed by atoms with E-state index in [1.165, 1.54) is 0 Å². The van der Waals surface area contributed by atoms with Gasteiger partial charge in [0.05, 0.1) is 17.8 Å². The molecule has 0 radical (unpaired) electrons. The highest BCUT2D eigenvalue weighted by Crippen LogP contribution is 2.48. The van der Waals surface area contributed by atoms with Crippen molar-refractivity contribution in [2.24, 2.45) is 0 Å². The number of benzene rings is 9. The molecule has 0 aliphatic rings. The van der Waals surface area contributed by atoms with Crippen molar-refractivity contribution in [1.82, 2.24) is 0 Å². The lowest BCUT2D eigenvalue weighted by molar-refractivity contribution is 0.669. The van der Waals surface area contributed by atoms with Crippen LogP contribution >= 0.6 is 0 Å². The van der Waals surface area contributed by atoms with Crippen LogP contribution in [0.3, 0.4) is 0 Å². The molecular weight excluding hydrogens is 617 g/mol. The molecule has 0 saturated heterocycles. The maximum atomic E-state index is 10.0. The first-order valence-electron chi connectivity index (χ1n) is 23.0. The van der Waals surface area contributed by atoms with Gasteiger partial charge in [0, 0.05) is 10.8 Å². The molecule has 0 saturated carbocycles. The van der Waals surface area contributed by atoms with Crippen molar-refractivity contribution in [2.75, 3.05) is 0 Å². The Morgan fingerprint density at radius 2 is 0.980 bits per heavy atom. The Morgan fingerprint density at radius 3 is 1.67 bits per heavy atom. The minimum Gasteiger partial charge on any atom is -0.456 e. The topological polar surface area (TPSA) is 13.1 Å². The van der Waals surface area contributed by atoms with Crippen LogP contribution in [0.1, 0.15) is 17.8 Å². The lowest BCUT2D eigenvalue weighted by Gasteiger charge is -2.19. The van der Waals surface area contributed by atoms with Gasteiger partial charge in [-0.15, -0.1) is 0 Å². The van der Waals surface area contributed by atoms with Crippen molar-refractivity contribution in [2.45, 2.75) is 0 Å². The fourth-order valence-corrected chi connectivity index (χ4v) is 7.19. The van der Waals surface area contributed by atoms with E-state index in [1.54, 1.807) is 42.5 Å². The van der Waals surface area contributed by atoms with Gasteiger partial charge in [0.15, 0.2) is 0 Å². The maximum absolute atomic E-state index is 10.0. The van der Waals surface area contributed by atoms with Crippen LogP contribution in [0.25, 0.3) is 99.1 Å². The molecule has 9 aromatic carbocycles. The fraction of sp³-hybridized carbons (Fsp3) is 0. The van der Waals surface area contributed by atoms with Crippen molar-refractivity contribution < 1.29 is 22.2 Å². The number of furan rings is 1. The molecule has 10 aromatic rings. The summed E-state index contributed by atoms with van der Waals surface area (Å²) in [6, 6.07) is 29.4. The van der Waals surface area contributed by atoms with Gasteiger partial charge in [0.2, 0.25) is 0 Å². The molecule has 238 valence electrons. The predicted molar refractivity (Wildman–Crippen MR) is 216 cm³/mol. The molecule has 0 aliphatic carbocycles. The highest BCUT2D eigenvalue weighted by atomic mass is 16.3. The van der Waals surface area contributed by atoms with Gasteiger partial charge >= 0.3 is 0 Å². The third-order valence-corrected chi connectivity index (χ3v) is 9.36. The Kier molecular flexibility index (Phi) is 4.45. The van der Waals surface area contributed by atoms with Gasteiger partial charge in [-0.2, -0.15) is 0 Å². The lowest BCUT2D eigenvalue weighted by atomic mass is 9.83. The summed E-state index contributed by atoms with van der Waals surface area (Å²) >= 11 is 0. The standard InChI is InChI=1S/C50H32O/c1-4-15-33(16-5-1)36-27-30-43-47(32-36)51-46-26-14-25-44(50(43)46)49-41-23-12-10-21-39(41)48(40-22-11-13-24-42(40)49)37-28-29-38(34-17-6-2-7-18-34)45(31-37)35-19-8-3-9-20-35/h1-32H/i1D,2D,4D,5D,6D,7D,15D,16D,17D,18D,28D,29D,31D. The third-order valence-electron chi connectivity index (χ3n) is 9.36. The Morgan fingerprint density at radius 1 is 0.353 bits per heavy atom. The lowest BCUT2D eigenvalue weighted by Crippen LogP contribution is -1.93. The van der Waals surface area contributed by atoms with Gasteiger partial charge < -0.3 is 4.42 Å². The number of fused-ring (bicyclic) bond motifs is 5. The van der Waals surface area contributed by atoms with E-state index < -0.39 is 54.4 Å². The molecule has 0 atom stereocenters. The molecule has 1 heterocycles. The van der Waals surface area contributed by atoms with Gasteiger partial charge in [0.25, 0.3) is 0 Å². The second-order valence-corrected chi connectivity index (χ2v) is 12.2. The smallest absolute Gasteiger partial charge is 0.136 e. The molecule has 1 heteroatoms. The molecule has 1 nitrogen and oxygen atoms in total. The van der Waals surface area contributed by atoms with Crippen molar-refractivity contribution in [1.29, 1.82) is 0 Å². The zero-order chi connectivity index (χ0) is 45.0. The van der Waals surface area contributed by atoms with Crippen LogP contribution < -0.4 is 0 Å². The second kappa shape index (κ2) is 12.0. The molecule has 0 unspecified atom stereocenters. The first-order chi connectivity index (χ1) is 30.7. The van der Waals surface area contributed by atoms with Gasteiger partial charge in [-0.25, -0.2) is 0 Å². The normalized spacial score (nSPS) is 15.1. The highest BCUT2D eigenvalue weighted by molar-refractivity contribution is 6.25. The summed E-state index contributed by atoms with van der Waals surface area (Å²) in [5.41, 5.74) is 4.07. The largest absolute Gasteiger partial charge is 0.456 e. The summed E-state index contributed by atoms with van der Waals surface area (Å²) < 4.78 is 120. The first-order valence-corrected chi connectivity index (χ1v) is 16.5. The van der Waals surface area contributed by atoms with Gasteiger partial charge in [0.1, 0.15) is 11.2 Å². The van der Waals surface area contributed by atoms with Gasteiger partial charge in [-0.3, -0.25) is 0 Å². The van der Waals surface area contributed by atoms with Crippen molar-refractivity contribution in [3.05, 3.63) is 194 Å². The molecule has 10 rings (SSSR count). The summed E-state index contributed by atoms with van der Waals surface area (Å²) in [5.74, 6) is 0. The Hall–Kier alpha value is -6.70. The van der Waals surface area contributed by atoms with E-state index in [2.05, 4.69) is 0 Å². The Labute approximate surface area is 315 Å². The van der Waals surface area contributed by atoms with Gasteiger partial charge in [-0.1, -0.05) is 170 Å². The molecule has 1 aromatic heterocycles. The Balaban J connectivity index is 1.28. The van der Waals surface area contributed by atoms with Crippen LogP contribution in [0, 0.1) is 0 Å². The van der Waals surface area contributed by atoms with Gasteiger partial charge in [-0.05, 0) is 101 Å². The monoisotopic (exact) mass is 661 g/mol. The molecule has 0 aliphatic heterocycles. The van der Waals surface area contributed by atoms with Crippen LogP contribution in [-0.4, -0.2) is 0 Å². The van der Waals surface area contributed by atoms with E-state index in [0.29, 0.717) is 38.6 Å². The summed E-state index contributed by atoms with van der Waals surface area (Å²) in [4.78, 5) is 0. The SMILES string of the molecule is [2H]c1c([2H])c([2H])c(-c2ccc3c(c2)oc2cccc(-c4c5ccccc5c(-c5c([2H])c([2H])c(-c6c([2H])c([2H])c([2H])c([2H])c6[2H])c(-c6ccccc6)c5[2H])c5ccccc45)c23)c([2H])c1[2H]. The first kappa shape index (κ1) is 18.9. The molecular formula is C50H32O. The van der Waals surface area contributed by atoms with Crippen molar-refractivity contribution in [3.63, 3.8) is 0 Å². The molecule has 0 amide bonds. The minimum atomic E-state index is -0.587. The van der Waals surface area contributed by atoms with E-state index in [9.17, 15) is 4.11 Å². The number of hydrogen-bond donors (Lipinski definition) is 0. The highest BCUT2D eigenvalue weighted by Gasteiger charge is 2.21. The van der Waals surface area contributed by atoms with Crippen LogP contribution in [0.2, 0.25) is 0 Å². The average molecular weight is 662 g/mol. The molecule has 0 spiro atoms. The van der Waals surface area contributed by atoms with E-state index in [4.69, 9.17) is 18.1 Å². The summed E-state index contributed by atoms with van der Waals surface area (Å²) in [5, 5.41) is 4.42. The molecule has 51 heavy (non-hydrogen) atoms. The zero-order valence-electron chi connectivity index (χ0n) is 39.9. The van der Waals surface area contributed by atoms with Crippen LogP contribution in [-0.2, 0) is 0 Å². The maximum Gasteiger partial charge on any atom is 0.136 e. The summed E-state index contributed by atoms with van der Waals surface area (Å²) in [7, 11) is 0. The second-order valence-electron chi connectivity index (χ2n) is 12.2. The van der Waals surface area contributed by atoms with E-state index in [-0.39, 0.29) is 52.0 Å². The van der Waals surface area contributed by atoms with E-state index in [1.807, 2.05) is 72.8 Å². The Bertz CT molecular complexity index is 3540. The van der Waals surface area contributed by atoms with Crippen LogP contribution in [0.15, 0.2) is 198 Å². The third kappa shape index (κ3) is 4.86. The summed E-state index contributed by atoms with van der Waals surface area (Å²) in [6.07, 6.45) is 0. The van der Waals surface area contributed by atoms with E-state index in [0.717, 1.165) is 32.7 Å². The fourth-order valence-electron chi connectivity index (χ4n) is 7.19. The average Bonchev–Trinajstić information content (AvgIpc) is 3.69. The zero-order valence-corrected chi connectivity index (χ0v) is 26.9. The number of rotatable bonds is 5. The van der Waals surface area contributed by atoms with Crippen LogP contribution in [0.4, 0.5) is 0 Å². The minimum absolute atomic E-state index is 0.0660. The van der Waals surface area contributed by atoms with Crippen molar-refractivity contribution in [3.8, 4) is 55.6 Å². The summed E-state index contributed by atoms with van der Waals surface area (Å²) in [6.45, 7) is 0. The van der Waals surface area contributed by atoms with Crippen molar-refractivity contribution >= 4 is 43.5 Å². The molecule has 0 fully saturated rings. The predicted octanol–water partition coefficient (Wildman–Crippen LogP) is 14.2. The van der Waals surface area contributed by atoms with E-state index >= 15 is 0 Å². The molecule has 0 bridgehead atoms. The quantitative estimate of drug-likeness (QED) is 0.167. The molecule has 0 N–H and O–H groups in total. The number of hydrogen-bond acceptors (Lipinski definition) is 1. The van der Waals surface area contributed by atoms with Crippen LogP contribution in [0.5, 0.6) is 0 Å².